The maximum Gasteiger partial charge on any atom is 0.266 e. The van der Waals surface area contributed by atoms with Crippen molar-refractivity contribution in [2.24, 2.45) is 46.3 Å². The van der Waals surface area contributed by atoms with Gasteiger partial charge in [0.1, 0.15) is 5.60 Å². The van der Waals surface area contributed by atoms with Crippen LogP contribution in [0.25, 0.3) is 10.9 Å². The molecule has 0 aliphatic heterocycles. The largest absolute Gasteiger partial charge is 0.393 e. The maximum absolute atomic E-state index is 12.8. The van der Waals surface area contributed by atoms with E-state index in [-0.39, 0.29) is 65.6 Å². The zero-order chi connectivity index (χ0) is 42.5. The van der Waals surface area contributed by atoms with Crippen LogP contribution >= 0.6 is 0 Å². The number of benzene rings is 2. The summed E-state index contributed by atoms with van der Waals surface area (Å²) in [6, 6.07) is 15.6. The first-order valence-electron chi connectivity index (χ1n) is 21.4. The molecule has 4 unspecified atom stereocenters. The molecule has 1 aromatic heterocycles. The monoisotopic (exact) mass is 827 g/mol. The third-order valence-electron chi connectivity index (χ3n) is 15.4. The lowest BCUT2D eigenvalue weighted by atomic mass is 9.42. The Morgan fingerprint density at radius 1 is 1.02 bits per heavy atom. The zero-order valence-electron chi connectivity index (χ0n) is 35.0. The molecule has 4 aliphatic carbocycles. The van der Waals surface area contributed by atoms with Crippen LogP contribution in [0.1, 0.15) is 113 Å². The number of hydrogen-bond donors (Lipinski definition) is 6. The van der Waals surface area contributed by atoms with E-state index >= 15 is 0 Å². The molecule has 59 heavy (non-hydrogen) atoms. The fourth-order valence-electron chi connectivity index (χ4n) is 12.3. The number of rotatable bonds is 11. The Morgan fingerprint density at radius 3 is 2.49 bits per heavy atom. The van der Waals surface area contributed by atoms with Gasteiger partial charge in [-0.05, 0) is 129 Å². The van der Waals surface area contributed by atoms with Crippen molar-refractivity contribution >= 4 is 38.4 Å². The number of carbonyl (C=O) groups excluding carboxylic acids is 2. The molecule has 0 spiro atoms. The predicted molar refractivity (Wildman–Crippen MR) is 228 cm³/mol. The minimum Gasteiger partial charge on any atom is -0.393 e. The summed E-state index contributed by atoms with van der Waals surface area (Å²) in [5.74, 6) is 6.37. The number of para-hydroxylation sites is 1. The van der Waals surface area contributed by atoms with Crippen molar-refractivity contribution < 1.29 is 37.9 Å². The maximum atomic E-state index is 12.8. The van der Waals surface area contributed by atoms with E-state index in [4.69, 9.17) is 4.55 Å². The van der Waals surface area contributed by atoms with Crippen molar-refractivity contribution in [3.05, 3.63) is 70.9 Å². The van der Waals surface area contributed by atoms with Crippen molar-refractivity contribution in [2.45, 2.75) is 117 Å². The van der Waals surface area contributed by atoms with Gasteiger partial charge in [-0.3, -0.25) is 19.1 Å². The number of aliphatic hydroxyl groups is 3. The SMILES string of the molecule is CC(=O)c1c(C)nc2ccccc2c1NCc1ccccc1C#C[C@]1(O)CC[C@]2(C)C(C[C@H](O)C3C2C[C@@H](O)[C@]2(C)C3CC[C@H]2[C@@H](C)CCC(=O)NCCS(=O)(=O)O)C1. The number of nitrogens with zero attached hydrogens (tertiary/aromatic N) is 1. The Morgan fingerprint density at radius 2 is 1.75 bits per heavy atom. The molecule has 7 rings (SSSR count). The molecular weight excluding hydrogens is 767 g/mol. The predicted octanol–water partition coefficient (Wildman–Crippen LogP) is 6.46. The molecule has 4 aliphatic rings. The van der Waals surface area contributed by atoms with E-state index in [1.165, 1.54) is 0 Å². The minimum atomic E-state index is -4.15. The molecule has 3 aromatic rings. The highest BCUT2D eigenvalue weighted by molar-refractivity contribution is 7.85. The second kappa shape index (κ2) is 16.5. The van der Waals surface area contributed by atoms with Gasteiger partial charge in [-0.15, -0.1) is 0 Å². The van der Waals surface area contributed by atoms with E-state index in [1.807, 2.05) is 55.5 Å². The molecule has 4 saturated carbocycles. The Balaban J connectivity index is 1.04. The van der Waals surface area contributed by atoms with Gasteiger partial charge in [0.15, 0.2) is 5.78 Å². The number of carbonyl (C=O) groups is 2. The Labute approximate surface area is 348 Å². The second-order valence-electron chi connectivity index (χ2n) is 18.8. The summed E-state index contributed by atoms with van der Waals surface area (Å²) in [4.78, 5) is 29.9. The van der Waals surface area contributed by atoms with Gasteiger partial charge in [-0.2, -0.15) is 8.42 Å². The Kier molecular flexibility index (Phi) is 12.1. The molecule has 4 fully saturated rings. The van der Waals surface area contributed by atoms with Gasteiger partial charge in [0, 0.05) is 30.5 Å². The summed E-state index contributed by atoms with van der Waals surface area (Å²) in [7, 11) is -4.15. The van der Waals surface area contributed by atoms with E-state index < -0.39 is 39.1 Å². The number of pyridine rings is 1. The molecule has 318 valence electrons. The molecule has 11 nitrogen and oxygen atoms in total. The highest BCUT2D eigenvalue weighted by atomic mass is 32.2. The molecule has 2 aromatic carbocycles. The first-order valence-corrected chi connectivity index (χ1v) is 23.0. The van der Waals surface area contributed by atoms with Crippen LogP contribution < -0.4 is 10.6 Å². The molecule has 11 atom stereocenters. The van der Waals surface area contributed by atoms with Crippen LogP contribution in [0.4, 0.5) is 5.69 Å². The van der Waals surface area contributed by atoms with Gasteiger partial charge in [0.05, 0.1) is 40.4 Å². The van der Waals surface area contributed by atoms with E-state index in [9.17, 15) is 33.3 Å². The topological polar surface area (TPSA) is 186 Å². The Bertz CT molecular complexity index is 2270. The van der Waals surface area contributed by atoms with Crippen LogP contribution in [-0.2, 0) is 21.5 Å². The molecule has 1 heterocycles. The van der Waals surface area contributed by atoms with Gasteiger partial charge in [0.2, 0.25) is 5.91 Å². The van der Waals surface area contributed by atoms with Gasteiger partial charge in [-0.25, -0.2) is 0 Å². The first kappa shape index (κ1) is 43.2. The molecule has 12 heteroatoms. The van der Waals surface area contributed by atoms with Crippen molar-refractivity contribution in [1.29, 1.82) is 0 Å². The van der Waals surface area contributed by atoms with Crippen LogP contribution in [0.2, 0.25) is 0 Å². The van der Waals surface area contributed by atoms with Crippen LogP contribution in [-0.4, -0.2) is 75.1 Å². The van der Waals surface area contributed by atoms with Crippen LogP contribution in [0.3, 0.4) is 0 Å². The quantitative estimate of drug-likeness (QED) is 0.0712. The number of hydrogen-bond acceptors (Lipinski definition) is 9. The summed E-state index contributed by atoms with van der Waals surface area (Å²) < 4.78 is 31.0. The standard InChI is InChI=1S/C47H61N3O8S/c1-28(14-17-41(54)48-22-23-59(56,57)58)35-15-16-36-43-37(25-40(53)46(35,36)5)45(4)20-21-47(55,26-33(45)24-39(43)52)19-18-31-10-6-7-11-32(31)27-49-44-34-12-8-9-13-38(34)50-29(2)42(44)30(3)51/h6-13,28,33,35-37,39-40,43,52-53,55H,14-17,20-27H2,1-5H3,(H,48,54)(H,49,50)(H,56,57,58)/t28-,33?,35-,36?,37?,39-,40+,43?,45+,46-,47-/m0/s1. The molecule has 0 radical (unpaired) electrons. The summed E-state index contributed by atoms with van der Waals surface area (Å²) in [6.07, 6.45) is 4.35. The fourth-order valence-corrected chi connectivity index (χ4v) is 12.7. The molecule has 6 N–H and O–H groups in total. The highest BCUT2D eigenvalue weighted by Gasteiger charge is 2.66. The van der Waals surface area contributed by atoms with Gasteiger partial charge < -0.3 is 26.0 Å². The lowest BCUT2D eigenvalue weighted by Gasteiger charge is -2.64. The van der Waals surface area contributed by atoms with Gasteiger partial charge in [-0.1, -0.05) is 69.0 Å². The van der Waals surface area contributed by atoms with E-state index in [0.29, 0.717) is 49.9 Å². The zero-order valence-corrected chi connectivity index (χ0v) is 35.8. The number of aromatic nitrogens is 1. The molecule has 0 bridgehead atoms. The average Bonchev–Trinajstić information content (AvgIpc) is 3.54. The third-order valence-corrected chi connectivity index (χ3v) is 16.2. The smallest absolute Gasteiger partial charge is 0.266 e. The normalized spacial score (nSPS) is 33.1. The number of aliphatic hydroxyl groups excluding tert-OH is 2. The number of aryl methyl sites for hydroxylation is 1. The summed E-state index contributed by atoms with van der Waals surface area (Å²) >= 11 is 0. The lowest BCUT2D eigenvalue weighted by Crippen LogP contribution is -2.63. The van der Waals surface area contributed by atoms with Crippen molar-refractivity contribution in [3.63, 3.8) is 0 Å². The number of nitrogens with one attached hydrogen (secondary N) is 2. The molecular formula is C47H61N3O8S. The number of anilines is 1. The lowest BCUT2D eigenvalue weighted by molar-refractivity contribution is -0.211. The van der Waals surface area contributed by atoms with Gasteiger partial charge in [0.25, 0.3) is 10.1 Å². The number of fused-ring (bicyclic) bond motifs is 6. The van der Waals surface area contributed by atoms with E-state index in [0.717, 1.165) is 47.0 Å². The van der Waals surface area contributed by atoms with Crippen LogP contribution in [0.15, 0.2) is 48.5 Å². The fraction of sp³-hybridized carbons (Fsp3) is 0.596. The number of amides is 1. The summed E-state index contributed by atoms with van der Waals surface area (Å²) in [6.45, 7) is 10.3. The minimum absolute atomic E-state index is 0.0314. The molecule has 0 saturated heterocycles. The van der Waals surface area contributed by atoms with E-state index in [1.54, 1.807) is 6.92 Å². The summed E-state index contributed by atoms with van der Waals surface area (Å²) in [5.41, 5.74) is 2.71. The van der Waals surface area contributed by atoms with Crippen LogP contribution in [0.5, 0.6) is 0 Å². The van der Waals surface area contributed by atoms with Crippen molar-refractivity contribution in [1.82, 2.24) is 10.3 Å². The summed E-state index contributed by atoms with van der Waals surface area (Å²) in [5, 5.41) is 43.2. The van der Waals surface area contributed by atoms with E-state index in [2.05, 4.69) is 48.2 Å². The average molecular weight is 828 g/mol. The Hall–Kier alpha value is -3.86. The van der Waals surface area contributed by atoms with Crippen LogP contribution in [0, 0.1) is 65.1 Å². The molecule has 1 amide bonds. The van der Waals surface area contributed by atoms with Crippen molar-refractivity contribution in [2.75, 3.05) is 17.6 Å². The number of Topliss-reactive ketones (excluding diaryl/α,β-unsaturated/α-hetero) is 1. The second-order valence-corrected chi connectivity index (χ2v) is 20.3. The highest BCUT2D eigenvalue weighted by Crippen LogP contribution is 2.69. The first-order chi connectivity index (χ1) is 27.8. The third kappa shape index (κ3) is 8.43. The number of ketones is 1. The van der Waals surface area contributed by atoms with Gasteiger partial charge >= 0.3 is 0 Å². The van der Waals surface area contributed by atoms with Crippen molar-refractivity contribution in [3.8, 4) is 11.8 Å².